The Morgan fingerprint density at radius 3 is 2.72 bits per heavy atom. The number of carbonyl (C=O) groups is 1. The molecule has 1 N–H and O–H groups in total. The van der Waals surface area contributed by atoms with Crippen LogP contribution < -0.4 is 0 Å². The zero-order valence-electron chi connectivity index (χ0n) is 10.3. The van der Waals surface area contributed by atoms with Gasteiger partial charge in [0.15, 0.2) is 10.9 Å². The number of nitrogens with zero attached hydrogens (tertiary/aromatic N) is 1. The molecule has 0 spiro atoms. The molecule has 0 aliphatic heterocycles. The van der Waals surface area contributed by atoms with Gasteiger partial charge in [-0.2, -0.15) is 0 Å². The van der Waals surface area contributed by atoms with Crippen LogP contribution in [0.25, 0.3) is 11.3 Å². The van der Waals surface area contributed by atoms with E-state index in [4.69, 9.17) is 4.74 Å². The summed E-state index contributed by atoms with van der Waals surface area (Å²) < 4.78 is 5.03. The smallest absolute Gasteiger partial charge is 0.357 e. The molecule has 2 rings (SSSR count). The SMILES string of the molecule is CCOC(=O)c1[nH]c(SC)nc1-c1ccccc1. The highest BCUT2D eigenvalue weighted by Crippen LogP contribution is 2.25. The Bertz CT molecular complexity index is 537. The van der Waals surface area contributed by atoms with Gasteiger partial charge in [0.25, 0.3) is 0 Å². The van der Waals surface area contributed by atoms with Crippen molar-refractivity contribution in [3.8, 4) is 11.3 Å². The van der Waals surface area contributed by atoms with E-state index in [1.165, 1.54) is 11.8 Å². The first kappa shape index (κ1) is 12.7. The van der Waals surface area contributed by atoms with Gasteiger partial charge in [0, 0.05) is 5.56 Å². The van der Waals surface area contributed by atoms with Crippen molar-refractivity contribution in [3.05, 3.63) is 36.0 Å². The van der Waals surface area contributed by atoms with E-state index in [1.54, 1.807) is 6.92 Å². The number of rotatable bonds is 4. The molecule has 0 amide bonds. The van der Waals surface area contributed by atoms with Gasteiger partial charge in [0.05, 0.1) is 6.61 Å². The van der Waals surface area contributed by atoms with E-state index < -0.39 is 0 Å². The summed E-state index contributed by atoms with van der Waals surface area (Å²) in [7, 11) is 0. The Morgan fingerprint density at radius 1 is 1.39 bits per heavy atom. The molecule has 0 radical (unpaired) electrons. The first-order valence-electron chi connectivity index (χ1n) is 5.62. The van der Waals surface area contributed by atoms with Gasteiger partial charge in [-0.05, 0) is 13.2 Å². The number of carbonyl (C=O) groups excluding carboxylic acids is 1. The number of imidazole rings is 1. The fourth-order valence-electron chi connectivity index (χ4n) is 1.60. The lowest BCUT2D eigenvalue weighted by Crippen LogP contribution is -2.06. The minimum atomic E-state index is -0.371. The highest BCUT2D eigenvalue weighted by atomic mass is 32.2. The lowest BCUT2D eigenvalue weighted by atomic mass is 10.1. The largest absolute Gasteiger partial charge is 0.461 e. The van der Waals surface area contributed by atoms with Crippen molar-refractivity contribution in [3.63, 3.8) is 0 Å². The highest BCUT2D eigenvalue weighted by Gasteiger charge is 2.19. The summed E-state index contributed by atoms with van der Waals surface area (Å²) in [5, 5.41) is 0.705. The summed E-state index contributed by atoms with van der Waals surface area (Å²) >= 11 is 1.46. The van der Waals surface area contributed by atoms with Gasteiger partial charge < -0.3 is 9.72 Å². The van der Waals surface area contributed by atoms with Gasteiger partial charge in [-0.25, -0.2) is 9.78 Å². The number of hydrogen-bond donors (Lipinski definition) is 1. The molecule has 2 aromatic rings. The van der Waals surface area contributed by atoms with Crippen LogP contribution in [0.3, 0.4) is 0 Å². The summed E-state index contributed by atoms with van der Waals surface area (Å²) in [5.41, 5.74) is 1.95. The third kappa shape index (κ3) is 2.56. The summed E-state index contributed by atoms with van der Waals surface area (Å²) in [6.07, 6.45) is 1.91. The maximum Gasteiger partial charge on any atom is 0.357 e. The minimum Gasteiger partial charge on any atom is -0.461 e. The maximum atomic E-state index is 11.9. The van der Waals surface area contributed by atoms with Crippen molar-refractivity contribution in [2.24, 2.45) is 0 Å². The Hall–Kier alpha value is -1.75. The number of aromatic amines is 1. The number of nitrogens with one attached hydrogen (secondary N) is 1. The second-order valence-electron chi connectivity index (χ2n) is 3.56. The molecule has 18 heavy (non-hydrogen) atoms. The maximum absolute atomic E-state index is 11.9. The van der Waals surface area contributed by atoms with E-state index in [9.17, 15) is 4.79 Å². The Kier molecular flexibility index (Phi) is 4.04. The molecular formula is C13H14N2O2S. The number of ether oxygens (including phenoxy) is 1. The molecule has 1 heterocycles. The number of aromatic nitrogens is 2. The van der Waals surface area contributed by atoms with E-state index >= 15 is 0 Å². The zero-order valence-corrected chi connectivity index (χ0v) is 11.1. The Labute approximate surface area is 110 Å². The quantitative estimate of drug-likeness (QED) is 0.680. The van der Waals surface area contributed by atoms with Crippen molar-refractivity contribution in [1.82, 2.24) is 9.97 Å². The number of benzene rings is 1. The van der Waals surface area contributed by atoms with E-state index in [1.807, 2.05) is 36.6 Å². The molecule has 0 atom stereocenters. The van der Waals surface area contributed by atoms with Gasteiger partial charge in [-0.3, -0.25) is 0 Å². The monoisotopic (exact) mass is 262 g/mol. The lowest BCUT2D eigenvalue weighted by Gasteiger charge is -2.02. The Balaban J connectivity index is 2.45. The van der Waals surface area contributed by atoms with E-state index in [2.05, 4.69) is 9.97 Å². The predicted molar refractivity (Wildman–Crippen MR) is 71.8 cm³/mol. The molecule has 0 saturated carbocycles. The van der Waals surface area contributed by atoms with Crippen LogP contribution in [0.15, 0.2) is 35.5 Å². The van der Waals surface area contributed by atoms with Crippen molar-refractivity contribution in [2.75, 3.05) is 12.9 Å². The van der Waals surface area contributed by atoms with Crippen LogP contribution in [-0.2, 0) is 4.74 Å². The topological polar surface area (TPSA) is 55.0 Å². The lowest BCUT2D eigenvalue weighted by molar-refractivity contribution is 0.0520. The second kappa shape index (κ2) is 5.73. The summed E-state index contributed by atoms with van der Waals surface area (Å²) in [6, 6.07) is 9.59. The standard InChI is InChI=1S/C13H14N2O2S/c1-3-17-12(16)11-10(14-13(15-11)18-2)9-7-5-4-6-8-9/h4-8H,3H2,1-2H3,(H,14,15). The summed E-state index contributed by atoms with van der Waals surface area (Å²) in [5.74, 6) is -0.371. The number of H-pyrrole nitrogens is 1. The fourth-order valence-corrected chi connectivity index (χ4v) is 1.99. The molecule has 0 saturated heterocycles. The van der Waals surface area contributed by atoms with Gasteiger partial charge in [-0.15, -0.1) is 0 Å². The molecule has 0 aliphatic rings. The third-order valence-corrected chi connectivity index (χ3v) is 2.98. The van der Waals surface area contributed by atoms with Crippen molar-refractivity contribution >= 4 is 17.7 Å². The van der Waals surface area contributed by atoms with Gasteiger partial charge >= 0.3 is 5.97 Å². The predicted octanol–water partition coefficient (Wildman–Crippen LogP) is 2.98. The molecule has 94 valence electrons. The first-order chi connectivity index (χ1) is 8.76. The number of hydrogen-bond acceptors (Lipinski definition) is 4. The number of esters is 1. The molecule has 4 nitrogen and oxygen atoms in total. The van der Waals surface area contributed by atoms with Crippen LogP contribution in [0.2, 0.25) is 0 Å². The van der Waals surface area contributed by atoms with Crippen molar-refractivity contribution in [2.45, 2.75) is 12.1 Å². The van der Waals surface area contributed by atoms with Crippen LogP contribution in [0.4, 0.5) is 0 Å². The normalized spacial score (nSPS) is 10.3. The summed E-state index contributed by atoms with van der Waals surface area (Å²) in [4.78, 5) is 19.3. The molecule has 0 fully saturated rings. The molecular weight excluding hydrogens is 248 g/mol. The van der Waals surface area contributed by atoms with Crippen molar-refractivity contribution in [1.29, 1.82) is 0 Å². The first-order valence-corrected chi connectivity index (χ1v) is 6.85. The average molecular weight is 262 g/mol. The molecule has 0 bridgehead atoms. The van der Waals surface area contributed by atoms with Gasteiger partial charge in [-0.1, -0.05) is 42.1 Å². The van der Waals surface area contributed by atoms with Crippen LogP contribution in [0, 0.1) is 0 Å². The van der Waals surface area contributed by atoms with E-state index in [0.717, 1.165) is 5.56 Å². The van der Waals surface area contributed by atoms with Crippen LogP contribution in [0.1, 0.15) is 17.4 Å². The van der Waals surface area contributed by atoms with Crippen LogP contribution >= 0.6 is 11.8 Å². The zero-order chi connectivity index (χ0) is 13.0. The molecule has 0 unspecified atom stereocenters. The second-order valence-corrected chi connectivity index (χ2v) is 4.35. The third-order valence-electron chi connectivity index (χ3n) is 2.40. The molecule has 0 aliphatic carbocycles. The van der Waals surface area contributed by atoms with Crippen LogP contribution in [-0.4, -0.2) is 28.8 Å². The highest BCUT2D eigenvalue weighted by molar-refractivity contribution is 7.98. The van der Waals surface area contributed by atoms with Crippen molar-refractivity contribution < 1.29 is 9.53 Å². The Morgan fingerprint density at radius 2 is 2.11 bits per heavy atom. The van der Waals surface area contributed by atoms with E-state index in [0.29, 0.717) is 23.2 Å². The average Bonchev–Trinajstić information content (AvgIpc) is 2.84. The number of thioether (sulfide) groups is 1. The van der Waals surface area contributed by atoms with Gasteiger partial charge in [0.1, 0.15) is 5.69 Å². The fraction of sp³-hybridized carbons (Fsp3) is 0.231. The minimum absolute atomic E-state index is 0.348. The summed E-state index contributed by atoms with van der Waals surface area (Å²) in [6.45, 7) is 2.13. The molecule has 1 aromatic carbocycles. The molecule has 5 heteroatoms. The van der Waals surface area contributed by atoms with Gasteiger partial charge in [0.2, 0.25) is 0 Å². The van der Waals surface area contributed by atoms with E-state index in [-0.39, 0.29) is 5.97 Å². The van der Waals surface area contributed by atoms with Crippen LogP contribution in [0.5, 0.6) is 0 Å². The molecule has 1 aromatic heterocycles.